The van der Waals surface area contributed by atoms with Crippen LogP contribution in [0.2, 0.25) is 0 Å². The van der Waals surface area contributed by atoms with Gasteiger partial charge in [0.05, 0.1) is 12.2 Å². The van der Waals surface area contributed by atoms with Crippen molar-refractivity contribution in [2.75, 3.05) is 13.7 Å². The number of ether oxygens (including phenoxy) is 2. The lowest BCUT2D eigenvalue weighted by Gasteiger charge is -2.16. The predicted molar refractivity (Wildman–Crippen MR) is 63.7 cm³/mol. The molecule has 3 nitrogen and oxygen atoms in total. The van der Waals surface area contributed by atoms with Gasteiger partial charge in [0.1, 0.15) is 12.4 Å². The van der Waals surface area contributed by atoms with E-state index in [9.17, 15) is 5.11 Å². The van der Waals surface area contributed by atoms with Gasteiger partial charge in [-0.25, -0.2) is 0 Å². The zero-order valence-corrected chi connectivity index (χ0v) is 10.1. The van der Waals surface area contributed by atoms with E-state index in [-0.39, 0.29) is 6.10 Å². The molecule has 1 N–H and O–H groups in total. The first-order valence-electron chi connectivity index (χ1n) is 5.61. The number of hydrogen-bond donors (Lipinski definition) is 1. The molecule has 0 saturated heterocycles. The fraction of sp³-hybridized carbons (Fsp3) is 0.538. The molecule has 0 heterocycles. The molecule has 90 valence electrons. The van der Waals surface area contributed by atoms with Crippen LogP contribution in [-0.2, 0) is 4.74 Å². The van der Waals surface area contributed by atoms with Crippen molar-refractivity contribution in [2.45, 2.75) is 32.5 Å². The van der Waals surface area contributed by atoms with E-state index in [1.54, 1.807) is 7.11 Å². The maximum absolute atomic E-state index is 9.82. The van der Waals surface area contributed by atoms with Crippen LogP contribution >= 0.6 is 0 Å². The molecule has 0 bridgehead atoms. The van der Waals surface area contributed by atoms with Crippen molar-refractivity contribution in [3.8, 4) is 5.75 Å². The zero-order valence-electron chi connectivity index (χ0n) is 10.1. The molecule has 1 aromatic rings. The third-order valence-electron chi connectivity index (χ3n) is 2.54. The minimum absolute atomic E-state index is 0.0480. The Bertz CT molecular complexity index is 312. The maximum Gasteiger partial charge on any atom is 0.125 e. The van der Waals surface area contributed by atoms with E-state index in [0.29, 0.717) is 13.0 Å². The maximum atomic E-state index is 9.82. The summed E-state index contributed by atoms with van der Waals surface area (Å²) in [6.45, 7) is 4.38. The lowest BCUT2D eigenvalue weighted by atomic mass is 10.1. The second-order valence-corrected chi connectivity index (χ2v) is 3.82. The largest absolute Gasteiger partial charge is 0.491 e. The molecule has 1 rings (SSSR count). The summed E-state index contributed by atoms with van der Waals surface area (Å²) in [5.41, 5.74) is 0.841. The van der Waals surface area contributed by atoms with Crippen molar-refractivity contribution < 1.29 is 14.6 Å². The summed E-state index contributed by atoms with van der Waals surface area (Å²) in [5.74, 6) is 0.737. The van der Waals surface area contributed by atoms with Gasteiger partial charge in [0.15, 0.2) is 0 Å². The molecular weight excluding hydrogens is 204 g/mol. The molecule has 0 aliphatic carbocycles. The van der Waals surface area contributed by atoms with Crippen molar-refractivity contribution >= 4 is 0 Å². The summed E-state index contributed by atoms with van der Waals surface area (Å²) < 4.78 is 10.7. The standard InChI is InChI=1S/C13H20O3/c1-4-12(14)11-7-5-6-8-13(11)16-9-10(2)15-3/h5-8,10,12,14H,4,9H2,1-3H3. The van der Waals surface area contributed by atoms with Gasteiger partial charge in [0.25, 0.3) is 0 Å². The predicted octanol–water partition coefficient (Wildman–Crippen LogP) is 2.54. The van der Waals surface area contributed by atoms with E-state index >= 15 is 0 Å². The Morgan fingerprint density at radius 1 is 1.31 bits per heavy atom. The van der Waals surface area contributed by atoms with Gasteiger partial charge in [-0.3, -0.25) is 0 Å². The van der Waals surface area contributed by atoms with Gasteiger partial charge in [-0.2, -0.15) is 0 Å². The molecule has 2 unspecified atom stereocenters. The van der Waals surface area contributed by atoms with Crippen LogP contribution < -0.4 is 4.74 Å². The van der Waals surface area contributed by atoms with Crippen LogP contribution in [0.5, 0.6) is 5.75 Å². The number of methoxy groups -OCH3 is 1. The Kier molecular flexibility index (Phi) is 5.29. The lowest BCUT2D eigenvalue weighted by Crippen LogP contribution is -2.16. The number of aliphatic hydroxyl groups excluding tert-OH is 1. The third kappa shape index (κ3) is 3.51. The van der Waals surface area contributed by atoms with Crippen molar-refractivity contribution in [3.63, 3.8) is 0 Å². The summed E-state index contributed by atoms with van der Waals surface area (Å²) in [6.07, 6.45) is 0.265. The molecule has 3 heteroatoms. The van der Waals surface area contributed by atoms with E-state index in [1.165, 1.54) is 0 Å². The molecule has 0 spiro atoms. The quantitative estimate of drug-likeness (QED) is 0.807. The van der Waals surface area contributed by atoms with Crippen LogP contribution in [0.15, 0.2) is 24.3 Å². The average molecular weight is 224 g/mol. The monoisotopic (exact) mass is 224 g/mol. The fourth-order valence-corrected chi connectivity index (χ4v) is 1.38. The van der Waals surface area contributed by atoms with Gasteiger partial charge in [-0.05, 0) is 19.4 Å². The van der Waals surface area contributed by atoms with E-state index in [2.05, 4.69) is 0 Å². The smallest absolute Gasteiger partial charge is 0.125 e. The van der Waals surface area contributed by atoms with Crippen molar-refractivity contribution in [3.05, 3.63) is 29.8 Å². The highest BCUT2D eigenvalue weighted by Gasteiger charge is 2.11. The Labute approximate surface area is 97.0 Å². The summed E-state index contributed by atoms with van der Waals surface area (Å²) in [7, 11) is 1.65. The molecule has 0 saturated carbocycles. The Morgan fingerprint density at radius 2 is 2.00 bits per heavy atom. The van der Waals surface area contributed by atoms with Gasteiger partial charge < -0.3 is 14.6 Å². The SMILES string of the molecule is CCC(O)c1ccccc1OCC(C)OC. The third-order valence-corrected chi connectivity index (χ3v) is 2.54. The van der Waals surface area contributed by atoms with Crippen LogP contribution in [0.1, 0.15) is 31.9 Å². The first-order chi connectivity index (χ1) is 7.69. The normalized spacial score (nSPS) is 14.5. The highest BCUT2D eigenvalue weighted by molar-refractivity contribution is 5.35. The second kappa shape index (κ2) is 6.51. The van der Waals surface area contributed by atoms with E-state index in [4.69, 9.17) is 9.47 Å². The summed E-state index contributed by atoms with van der Waals surface area (Å²) >= 11 is 0. The lowest BCUT2D eigenvalue weighted by molar-refractivity contribution is 0.0695. The molecule has 1 aromatic carbocycles. The molecule has 16 heavy (non-hydrogen) atoms. The summed E-state index contributed by atoms with van der Waals surface area (Å²) in [5, 5.41) is 9.82. The average Bonchev–Trinajstić information content (AvgIpc) is 2.35. The fourth-order valence-electron chi connectivity index (χ4n) is 1.38. The van der Waals surface area contributed by atoms with Gasteiger partial charge in [0, 0.05) is 12.7 Å². The summed E-state index contributed by atoms with van der Waals surface area (Å²) in [6, 6.07) is 7.57. The van der Waals surface area contributed by atoms with Crippen LogP contribution in [0, 0.1) is 0 Å². The molecule has 0 amide bonds. The molecule has 0 radical (unpaired) electrons. The van der Waals surface area contributed by atoms with E-state index in [0.717, 1.165) is 11.3 Å². The number of para-hydroxylation sites is 1. The number of hydrogen-bond acceptors (Lipinski definition) is 3. The van der Waals surface area contributed by atoms with Crippen LogP contribution in [0.3, 0.4) is 0 Å². The number of rotatable bonds is 6. The number of aliphatic hydroxyl groups is 1. The molecule has 0 aliphatic rings. The van der Waals surface area contributed by atoms with Gasteiger partial charge in [-0.15, -0.1) is 0 Å². The van der Waals surface area contributed by atoms with Crippen molar-refractivity contribution in [2.24, 2.45) is 0 Å². The molecule has 0 aliphatic heterocycles. The van der Waals surface area contributed by atoms with Gasteiger partial charge in [-0.1, -0.05) is 25.1 Å². The Morgan fingerprint density at radius 3 is 2.62 bits per heavy atom. The molecular formula is C13H20O3. The van der Waals surface area contributed by atoms with Gasteiger partial charge >= 0.3 is 0 Å². The topological polar surface area (TPSA) is 38.7 Å². The van der Waals surface area contributed by atoms with Crippen LogP contribution in [0.25, 0.3) is 0 Å². The summed E-state index contributed by atoms with van der Waals surface area (Å²) in [4.78, 5) is 0. The van der Waals surface area contributed by atoms with Gasteiger partial charge in [0.2, 0.25) is 0 Å². The molecule has 0 aromatic heterocycles. The van der Waals surface area contributed by atoms with Crippen molar-refractivity contribution in [1.82, 2.24) is 0 Å². The molecule has 0 fully saturated rings. The van der Waals surface area contributed by atoms with E-state index in [1.807, 2.05) is 38.1 Å². The second-order valence-electron chi connectivity index (χ2n) is 3.82. The highest BCUT2D eigenvalue weighted by Crippen LogP contribution is 2.26. The highest BCUT2D eigenvalue weighted by atomic mass is 16.5. The van der Waals surface area contributed by atoms with Crippen molar-refractivity contribution in [1.29, 1.82) is 0 Å². The zero-order chi connectivity index (χ0) is 12.0. The first kappa shape index (κ1) is 13.0. The Balaban J connectivity index is 2.71. The van der Waals surface area contributed by atoms with E-state index < -0.39 is 6.10 Å². The minimum Gasteiger partial charge on any atom is -0.491 e. The first-order valence-corrected chi connectivity index (χ1v) is 5.61. The van der Waals surface area contributed by atoms with Crippen LogP contribution in [0.4, 0.5) is 0 Å². The van der Waals surface area contributed by atoms with Crippen LogP contribution in [-0.4, -0.2) is 24.9 Å². The number of benzene rings is 1. The Hall–Kier alpha value is -1.06. The molecule has 2 atom stereocenters. The minimum atomic E-state index is -0.464.